The lowest BCUT2D eigenvalue weighted by Crippen LogP contribution is -1.97. The molecule has 0 radical (unpaired) electrons. The fourth-order valence-corrected chi connectivity index (χ4v) is 1.49. The summed E-state index contributed by atoms with van der Waals surface area (Å²) in [6, 6.07) is 1.90. The Morgan fingerprint density at radius 1 is 1.54 bits per heavy atom. The molecule has 0 spiro atoms. The highest BCUT2D eigenvalue weighted by Gasteiger charge is 2.07. The Labute approximate surface area is 76.6 Å². The van der Waals surface area contributed by atoms with Crippen molar-refractivity contribution in [1.82, 2.24) is 4.98 Å². The molecule has 0 saturated carbocycles. The predicted octanol–water partition coefficient (Wildman–Crippen LogP) is 2.36. The van der Waals surface area contributed by atoms with Gasteiger partial charge in [-0.25, -0.2) is 4.98 Å². The van der Waals surface area contributed by atoms with E-state index in [0.717, 1.165) is 29.4 Å². The number of aromatic nitrogens is 1. The largest absolute Gasteiger partial charge is 0.464 e. The highest BCUT2D eigenvalue weighted by Crippen LogP contribution is 2.24. The van der Waals surface area contributed by atoms with Gasteiger partial charge < -0.3 is 10.2 Å². The number of pyridine rings is 1. The quantitative estimate of drug-likeness (QED) is 0.764. The van der Waals surface area contributed by atoms with Crippen molar-refractivity contribution < 1.29 is 4.42 Å². The predicted molar refractivity (Wildman–Crippen MR) is 52.4 cm³/mol. The number of fused-ring (bicyclic) bond motifs is 1. The van der Waals surface area contributed by atoms with Gasteiger partial charge in [-0.3, -0.25) is 0 Å². The molecule has 0 bridgehead atoms. The molecular weight excluding hydrogens is 164 g/mol. The van der Waals surface area contributed by atoms with E-state index in [9.17, 15) is 0 Å². The second kappa shape index (κ2) is 3.09. The third kappa shape index (κ3) is 1.26. The van der Waals surface area contributed by atoms with E-state index >= 15 is 0 Å². The Balaban J connectivity index is 2.66. The Morgan fingerprint density at radius 3 is 3.15 bits per heavy atom. The molecule has 68 valence electrons. The van der Waals surface area contributed by atoms with Crippen LogP contribution in [0.15, 0.2) is 22.9 Å². The maximum atomic E-state index is 5.76. The molecule has 3 heteroatoms. The van der Waals surface area contributed by atoms with Crippen LogP contribution in [0.3, 0.4) is 0 Å². The van der Waals surface area contributed by atoms with Gasteiger partial charge in [0.1, 0.15) is 11.4 Å². The highest BCUT2D eigenvalue weighted by atomic mass is 16.3. The second-order valence-electron chi connectivity index (χ2n) is 3.08. The molecule has 0 atom stereocenters. The van der Waals surface area contributed by atoms with Crippen LogP contribution in [-0.2, 0) is 6.42 Å². The van der Waals surface area contributed by atoms with E-state index in [2.05, 4.69) is 11.9 Å². The first-order chi connectivity index (χ1) is 6.33. The van der Waals surface area contributed by atoms with Crippen LogP contribution in [-0.4, -0.2) is 4.98 Å². The van der Waals surface area contributed by atoms with Gasteiger partial charge in [-0.2, -0.15) is 0 Å². The third-order valence-electron chi connectivity index (χ3n) is 2.12. The van der Waals surface area contributed by atoms with Crippen LogP contribution >= 0.6 is 0 Å². The maximum absolute atomic E-state index is 5.76. The zero-order chi connectivity index (χ0) is 9.26. The highest BCUT2D eigenvalue weighted by molar-refractivity contribution is 5.82. The molecule has 0 fully saturated rings. The molecule has 0 aromatic carbocycles. The van der Waals surface area contributed by atoms with E-state index in [-0.39, 0.29) is 0 Å². The molecule has 2 aromatic heterocycles. The average Bonchev–Trinajstić information content (AvgIpc) is 2.58. The lowest BCUT2D eigenvalue weighted by atomic mass is 10.1. The van der Waals surface area contributed by atoms with Crippen LogP contribution in [0, 0.1) is 0 Å². The van der Waals surface area contributed by atoms with Crippen molar-refractivity contribution in [2.24, 2.45) is 0 Å². The van der Waals surface area contributed by atoms with E-state index < -0.39 is 0 Å². The molecule has 0 unspecified atom stereocenters. The van der Waals surface area contributed by atoms with Gasteiger partial charge in [0.05, 0.1) is 6.26 Å². The van der Waals surface area contributed by atoms with Gasteiger partial charge >= 0.3 is 0 Å². The molecule has 2 rings (SSSR count). The minimum absolute atomic E-state index is 0.587. The van der Waals surface area contributed by atoms with Crippen LogP contribution in [0.1, 0.15) is 18.9 Å². The standard InChI is InChI=1S/C10H12N2O/c1-2-3-8-9-7(4-5-13-9)6-12-10(8)11/h4-6H,2-3H2,1H3,(H2,11,12). The van der Waals surface area contributed by atoms with Crippen molar-refractivity contribution >= 4 is 16.8 Å². The number of anilines is 1. The van der Waals surface area contributed by atoms with Crippen LogP contribution in [0.5, 0.6) is 0 Å². The number of nitrogen functional groups attached to an aromatic ring is 1. The SMILES string of the molecule is CCCc1c(N)ncc2ccoc12. The first-order valence-corrected chi connectivity index (χ1v) is 4.43. The second-order valence-corrected chi connectivity index (χ2v) is 3.08. The first kappa shape index (κ1) is 8.10. The van der Waals surface area contributed by atoms with Crippen molar-refractivity contribution in [3.63, 3.8) is 0 Å². The van der Waals surface area contributed by atoms with Gasteiger partial charge in [0, 0.05) is 17.1 Å². The molecular formula is C10H12N2O. The third-order valence-corrected chi connectivity index (χ3v) is 2.12. The van der Waals surface area contributed by atoms with Gasteiger partial charge in [0.15, 0.2) is 0 Å². The lowest BCUT2D eigenvalue weighted by molar-refractivity contribution is 0.610. The topological polar surface area (TPSA) is 52.0 Å². The van der Waals surface area contributed by atoms with Crippen molar-refractivity contribution in [2.45, 2.75) is 19.8 Å². The number of nitrogens with two attached hydrogens (primary N) is 1. The van der Waals surface area contributed by atoms with E-state index in [4.69, 9.17) is 10.2 Å². The van der Waals surface area contributed by atoms with Crippen molar-refractivity contribution in [3.05, 3.63) is 24.1 Å². The molecule has 2 aromatic rings. The number of furan rings is 1. The lowest BCUT2D eigenvalue weighted by Gasteiger charge is -2.02. The van der Waals surface area contributed by atoms with E-state index in [0.29, 0.717) is 5.82 Å². The smallest absolute Gasteiger partial charge is 0.142 e. The van der Waals surface area contributed by atoms with Crippen LogP contribution in [0.2, 0.25) is 0 Å². The van der Waals surface area contributed by atoms with Gasteiger partial charge in [-0.1, -0.05) is 13.3 Å². The molecule has 0 aliphatic heterocycles. The summed E-state index contributed by atoms with van der Waals surface area (Å²) in [5.74, 6) is 0.587. The molecule has 3 nitrogen and oxygen atoms in total. The molecule has 2 N–H and O–H groups in total. The molecule has 2 heterocycles. The fourth-order valence-electron chi connectivity index (χ4n) is 1.49. The van der Waals surface area contributed by atoms with Gasteiger partial charge in [-0.15, -0.1) is 0 Å². The summed E-state index contributed by atoms with van der Waals surface area (Å²) in [5.41, 5.74) is 7.68. The van der Waals surface area contributed by atoms with Gasteiger partial charge in [0.25, 0.3) is 0 Å². The van der Waals surface area contributed by atoms with Crippen LogP contribution in [0.25, 0.3) is 11.0 Å². The monoisotopic (exact) mass is 176 g/mol. The van der Waals surface area contributed by atoms with Gasteiger partial charge in [-0.05, 0) is 12.5 Å². The zero-order valence-electron chi connectivity index (χ0n) is 7.58. The molecule has 0 aliphatic rings. The number of rotatable bonds is 2. The average molecular weight is 176 g/mol. The summed E-state index contributed by atoms with van der Waals surface area (Å²) in [6.45, 7) is 2.11. The Bertz CT molecular complexity index is 420. The molecule has 13 heavy (non-hydrogen) atoms. The molecule has 0 saturated heterocycles. The van der Waals surface area contributed by atoms with Gasteiger partial charge in [0.2, 0.25) is 0 Å². The van der Waals surface area contributed by atoms with Crippen molar-refractivity contribution in [2.75, 3.05) is 5.73 Å². The Morgan fingerprint density at radius 2 is 2.38 bits per heavy atom. The fraction of sp³-hybridized carbons (Fsp3) is 0.300. The molecule has 0 amide bonds. The summed E-state index contributed by atoms with van der Waals surface area (Å²) in [6.07, 6.45) is 5.38. The minimum atomic E-state index is 0.587. The number of nitrogens with zero attached hydrogens (tertiary/aromatic N) is 1. The Hall–Kier alpha value is -1.51. The van der Waals surface area contributed by atoms with E-state index in [1.165, 1.54) is 0 Å². The minimum Gasteiger partial charge on any atom is -0.464 e. The van der Waals surface area contributed by atoms with Crippen LogP contribution in [0.4, 0.5) is 5.82 Å². The Kier molecular flexibility index (Phi) is 1.93. The summed E-state index contributed by atoms with van der Waals surface area (Å²) < 4.78 is 5.36. The normalized spacial score (nSPS) is 10.8. The van der Waals surface area contributed by atoms with Crippen LogP contribution < -0.4 is 5.73 Å². The summed E-state index contributed by atoms with van der Waals surface area (Å²) >= 11 is 0. The van der Waals surface area contributed by atoms with Crippen molar-refractivity contribution in [3.8, 4) is 0 Å². The summed E-state index contributed by atoms with van der Waals surface area (Å²) in [5, 5.41) is 1.03. The number of aryl methyl sites for hydroxylation is 1. The first-order valence-electron chi connectivity index (χ1n) is 4.43. The number of hydrogen-bond donors (Lipinski definition) is 1. The summed E-state index contributed by atoms with van der Waals surface area (Å²) in [7, 11) is 0. The van der Waals surface area contributed by atoms with E-state index in [1.807, 2.05) is 6.07 Å². The van der Waals surface area contributed by atoms with Crippen molar-refractivity contribution in [1.29, 1.82) is 0 Å². The number of hydrogen-bond acceptors (Lipinski definition) is 3. The maximum Gasteiger partial charge on any atom is 0.142 e. The summed E-state index contributed by atoms with van der Waals surface area (Å²) in [4.78, 5) is 4.12. The molecule has 0 aliphatic carbocycles. The van der Waals surface area contributed by atoms with E-state index in [1.54, 1.807) is 12.5 Å². The zero-order valence-corrected chi connectivity index (χ0v) is 7.58.